The lowest BCUT2D eigenvalue weighted by molar-refractivity contribution is -0.468. The highest BCUT2D eigenvalue weighted by atomic mass is 15.3. The molecule has 30 heavy (non-hydrogen) atoms. The molecule has 0 bridgehead atoms. The Morgan fingerprint density at radius 3 is 2.53 bits per heavy atom. The fourth-order valence-corrected chi connectivity index (χ4v) is 5.74. The van der Waals surface area contributed by atoms with Crippen LogP contribution in [0.2, 0.25) is 0 Å². The van der Waals surface area contributed by atoms with Gasteiger partial charge in [-0.2, -0.15) is 9.66 Å². The topological polar surface area (TPSA) is 50.2 Å². The van der Waals surface area contributed by atoms with Crippen molar-refractivity contribution in [2.75, 3.05) is 31.1 Å². The minimum Gasteiger partial charge on any atom is -0.294 e. The minimum absolute atomic E-state index is 0.771. The summed E-state index contributed by atoms with van der Waals surface area (Å²) in [5, 5.41) is 9.94. The number of imidazole rings is 1. The molecule has 2 aromatic heterocycles. The van der Waals surface area contributed by atoms with Crippen LogP contribution in [0.3, 0.4) is 0 Å². The van der Waals surface area contributed by atoms with E-state index in [1.54, 1.807) is 0 Å². The van der Waals surface area contributed by atoms with Gasteiger partial charge in [-0.25, -0.2) is 0 Å². The van der Waals surface area contributed by atoms with Crippen LogP contribution in [0.1, 0.15) is 55.7 Å². The smallest absolute Gasteiger partial charge is 0.250 e. The number of nitrogens with zero attached hydrogens (tertiary/aromatic N) is 4. The first kappa shape index (κ1) is 19.4. The third kappa shape index (κ3) is 3.06. The van der Waals surface area contributed by atoms with E-state index in [4.69, 9.17) is 0 Å². The van der Waals surface area contributed by atoms with Crippen molar-refractivity contribution in [1.29, 1.82) is 5.26 Å². The Hall–Kier alpha value is -2.58. The normalized spacial score (nSPS) is 18.9. The third-order valence-electron chi connectivity index (χ3n) is 7.34. The van der Waals surface area contributed by atoms with Crippen LogP contribution in [0.5, 0.6) is 0 Å². The molecule has 156 valence electrons. The first-order chi connectivity index (χ1) is 14.7. The van der Waals surface area contributed by atoms with E-state index in [-0.39, 0.29) is 0 Å². The van der Waals surface area contributed by atoms with E-state index >= 15 is 0 Å². The molecule has 0 amide bonds. The van der Waals surface area contributed by atoms with E-state index in [0.717, 1.165) is 66.4 Å². The Morgan fingerprint density at radius 1 is 1.10 bits per heavy atom. The molecule has 2 aliphatic rings. The summed E-state index contributed by atoms with van der Waals surface area (Å²) in [7, 11) is 0. The predicted octanol–water partition coefficient (Wildman–Crippen LogP) is 4.10. The number of benzene rings is 1. The quantitative estimate of drug-likeness (QED) is 0.671. The summed E-state index contributed by atoms with van der Waals surface area (Å²) in [5.74, 6) is 1.28. The zero-order chi connectivity index (χ0) is 20.7. The Kier molecular flexibility index (Phi) is 5.12. The van der Waals surface area contributed by atoms with Crippen molar-refractivity contribution < 1.29 is 4.40 Å². The number of fused-ring (bicyclic) bond motifs is 3. The number of para-hydroxylation sites is 2. The molecular formula is C25H32N5+. The molecule has 1 saturated carbocycles. The monoisotopic (exact) mass is 402 g/mol. The van der Waals surface area contributed by atoms with Crippen LogP contribution in [-0.2, 0) is 6.42 Å². The van der Waals surface area contributed by atoms with Crippen LogP contribution < -0.4 is 9.30 Å². The van der Waals surface area contributed by atoms with E-state index in [2.05, 4.69) is 63.4 Å². The van der Waals surface area contributed by atoms with E-state index in [0.29, 0.717) is 0 Å². The van der Waals surface area contributed by atoms with Crippen molar-refractivity contribution in [3.63, 3.8) is 0 Å². The van der Waals surface area contributed by atoms with Crippen LogP contribution in [-0.4, -0.2) is 42.1 Å². The Morgan fingerprint density at radius 2 is 1.83 bits per heavy atom. The van der Waals surface area contributed by atoms with Gasteiger partial charge in [-0.05, 0) is 43.9 Å². The van der Waals surface area contributed by atoms with Crippen molar-refractivity contribution in [2.45, 2.75) is 58.4 Å². The highest BCUT2D eigenvalue weighted by molar-refractivity contribution is 5.78. The Labute approximate surface area is 178 Å². The lowest BCUT2D eigenvalue weighted by Gasteiger charge is -2.39. The molecule has 1 aromatic carbocycles. The SMILES string of the molecule is CCc1c(C)c(C#N)c2[nH]c3ccccc3[n+]2c1N1CCN(C2CCCCC2)CC1. The minimum atomic E-state index is 0.771. The summed E-state index contributed by atoms with van der Waals surface area (Å²) >= 11 is 0. The molecule has 3 heterocycles. The number of hydrogen-bond acceptors (Lipinski definition) is 3. The summed E-state index contributed by atoms with van der Waals surface area (Å²) in [6, 6.07) is 11.7. The number of aromatic nitrogens is 2. The fraction of sp³-hybridized carbons (Fsp3) is 0.520. The number of H-pyrrole nitrogens is 1. The van der Waals surface area contributed by atoms with Crippen LogP contribution >= 0.6 is 0 Å². The van der Waals surface area contributed by atoms with Gasteiger partial charge in [-0.1, -0.05) is 38.3 Å². The van der Waals surface area contributed by atoms with E-state index in [1.165, 1.54) is 43.5 Å². The van der Waals surface area contributed by atoms with Gasteiger partial charge in [0.2, 0.25) is 11.5 Å². The molecule has 0 spiro atoms. The average molecular weight is 403 g/mol. The second-order valence-corrected chi connectivity index (χ2v) is 8.91. The Bertz CT molecular complexity index is 1110. The molecule has 1 N–H and O–H groups in total. The molecule has 1 saturated heterocycles. The largest absolute Gasteiger partial charge is 0.294 e. The van der Waals surface area contributed by atoms with Crippen molar-refractivity contribution in [3.05, 3.63) is 41.0 Å². The first-order valence-corrected chi connectivity index (χ1v) is 11.6. The van der Waals surface area contributed by atoms with Gasteiger partial charge in [0, 0.05) is 24.7 Å². The summed E-state index contributed by atoms with van der Waals surface area (Å²) in [6.07, 6.45) is 7.88. The van der Waals surface area contributed by atoms with E-state index < -0.39 is 0 Å². The molecule has 5 nitrogen and oxygen atoms in total. The zero-order valence-electron chi connectivity index (χ0n) is 18.2. The molecular weight excluding hydrogens is 370 g/mol. The van der Waals surface area contributed by atoms with E-state index in [9.17, 15) is 5.26 Å². The van der Waals surface area contributed by atoms with Gasteiger partial charge in [-0.3, -0.25) is 14.8 Å². The van der Waals surface area contributed by atoms with Crippen molar-refractivity contribution in [3.8, 4) is 6.07 Å². The van der Waals surface area contributed by atoms with Crippen LogP contribution in [0.25, 0.3) is 16.7 Å². The predicted molar refractivity (Wildman–Crippen MR) is 121 cm³/mol. The third-order valence-corrected chi connectivity index (χ3v) is 7.34. The zero-order valence-corrected chi connectivity index (χ0v) is 18.2. The maximum Gasteiger partial charge on any atom is 0.250 e. The van der Waals surface area contributed by atoms with Crippen molar-refractivity contribution in [2.24, 2.45) is 0 Å². The van der Waals surface area contributed by atoms with Gasteiger partial charge in [0.1, 0.15) is 22.7 Å². The van der Waals surface area contributed by atoms with Gasteiger partial charge in [0.25, 0.3) is 0 Å². The van der Waals surface area contributed by atoms with Gasteiger partial charge in [0.05, 0.1) is 13.1 Å². The number of rotatable bonds is 3. The Balaban J connectivity index is 1.59. The lowest BCUT2D eigenvalue weighted by atomic mass is 9.93. The van der Waals surface area contributed by atoms with Gasteiger partial charge < -0.3 is 0 Å². The van der Waals surface area contributed by atoms with Crippen LogP contribution in [0.15, 0.2) is 24.3 Å². The number of anilines is 1. The molecule has 0 unspecified atom stereocenters. The standard InChI is InChI=1S/C25H31N5/c1-3-20-18(2)21(17-26)24-27-22-11-7-8-12-23(22)30(24)25(20)29-15-13-28(14-16-29)19-9-5-4-6-10-19/h7-8,11-12,19H,3-6,9-10,13-16H2,1-2H3/p+1. The van der Waals surface area contributed by atoms with E-state index in [1.807, 2.05) is 0 Å². The number of pyridine rings is 1. The highest BCUT2D eigenvalue weighted by Gasteiger charge is 2.33. The average Bonchev–Trinajstić information content (AvgIpc) is 3.18. The fourth-order valence-electron chi connectivity index (χ4n) is 5.74. The molecule has 2 fully saturated rings. The van der Waals surface area contributed by atoms with Gasteiger partial charge in [0.15, 0.2) is 0 Å². The number of aromatic amines is 1. The molecule has 3 aromatic rings. The summed E-state index contributed by atoms with van der Waals surface area (Å²) in [5.41, 5.74) is 6.37. The molecule has 0 radical (unpaired) electrons. The van der Waals surface area contributed by atoms with Crippen molar-refractivity contribution >= 4 is 22.5 Å². The number of nitrogens with one attached hydrogen (secondary N) is 1. The summed E-state index contributed by atoms with van der Waals surface area (Å²) in [6.45, 7) is 8.71. The maximum absolute atomic E-state index is 9.94. The van der Waals surface area contributed by atoms with Crippen molar-refractivity contribution in [1.82, 2.24) is 9.88 Å². The lowest BCUT2D eigenvalue weighted by Crippen LogP contribution is -2.53. The second kappa shape index (κ2) is 7.92. The first-order valence-electron chi connectivity index (χ1n) is 11.6. The molecule has 1 aliphatic heterocycles. The molecule has 1 aliphatic carbocycles. The molecule has 5 heteroatoms. The molecule has 5 rings (SSSR count). The number of piperazine rings is 1. The number of hydrogen-bond donors (Lipinski definition) is 1. The summed E-state index contributed by atoms with van der Waals surface area (Å²) in [4.78, 5) is 8.83. The maximum atomic E-state index is 9.94. The van der Waals surface area contributed by atoms with Gasteiger partial charge >= 0.3 is 0 Å². The van der Waals surface area contributed by atoms with Crippen LogP contribution in [0, 0.1) is 18.3 Å². The highest BCUT2D eigenvalue weighted by Crippen LogP contribution is 2.30. The van der Waals surface area contributed by atoms with Gasteiger partial charge in [-0.15, -0.1) is 0 Å². The number of nitriles is 1. The molecule has 0 atom stereocenters. The second-order valence-electron chi connectivity index (χ2n) is 8.91. The summed E-state index contributed by atoms with van der Waals surface area (Å²) < 4.78 is 2.32. The van der Waals surface area contributed by atoms with Crippen LogP contribution in [0.4, 0.5) is 5.82 Å².